The minimum Gasteiger partial charge on any atom is -0.361 e. The Morgan fingerprint density at radius 1 is 1.29 bits per heavy atom. The molecule has 1 heterocycles. The van der Waals surface area contributed by atoms with Gasteiger partial charge in [0.15, 0.2) is 0 Å². The molecule has 0 aliphatic carbocycles. The van der Waals surface area contributed by atoms with Gasteiger partial charge in [-0.3, -0.25) is 0 Å². The quantitative estimate of drug-likeness (QED) is 0.566. The predicted molar refractivity (Wildman–Crippen MR) is 59.6 cm³/mol. The zero-order valence-corrected chi connectivity index (χ0v) is 8.36. The average molecular weight is 187 g/mol. The van der Waals surface area contributed by atoms with Crippen LogP contribution < -0.4 is 0 Å². The van der Waals surface area contributed by atoms with E-state index in [1.165, 1.54) is 5.39 Å². The van der Waals surface area contributed by atoms with Gasteiger partial charge in [-0.15, -0.1) is 0 Å². The van der Waals surface area contributed by atoms with Crippen LogP contribution in [0.25, 0.3) is 10.9 Å². The first-order valence-corrected chi connectivity index (χ1v) is 4.55. The van der Waals surface area contributed by atoms with Crippen molar-refractivity contribution in [3.63, 3.8) is 0 Å². The van der Waals surface area contributed by atoms with Crippen molar-refractivity contribution in [1.82, 2.24) is 9.99 Å². The highest BCUT2D eigenvalue weighted by Gasteiger charge is 1.98. The number of aromatic nitrogens is 1. The molecule has 0 unspecified atom stereocenters. The number of hydrogen-bond acceptors (Lipinski definition) is 2. The first-order valence-electron chi connectivity index (χ1n) is 4.55. The van der Waals surface area contributed by atoms with Gasteiger partial charge in [-0.1, -0.05) is 18.2 Å². The minimum atomic E-state index is 1.12. The smallest absolute Gasteiger partial charge is 0.0564 e. The molecule has 0 spiro atoms. The molecule has 0 aliphatic heterocycles. The zero-order chi connectivity index (χ0) is 9.97. The largest absolute Gasteiger partial charge is 0.361 e. The van der Waals surface area contributed by atoms with Crippen molar-refractivity contribution in [2.24, 2.45) is 5.10 Å². The summed E-state index contributed by atoms with van der Waals surface area (Å²) in [5.74, 6) is 0. The summed E-state index contributed by atoms with van der Waals surface area (Å²) in [4.78, 5) is 3.20. The number of hydrazone groups is 1. The Hall–Kier alpha value is -1.77. The molecule has 3 heteroatoms. The van der Waals surface area contributed by atoms with E-state index in [1.807, 2.05) is 38.6 Å². The molecule has 2 aromatic rings. The van der Waals surface area contributed by atoms with Crippen LogP contribution in [-0.2, 0) is 0 Å². The van der Waals surface area contributed by atoms with Gasteiger partial charge in [0.05, 0.1) is 6.21 Å². The number of nitrogens with one attached hydrogen (secondary N) is 1. The molecule has 0 bridgehead atoms. The third-order valence-electron chi connectivity index (χ3n) is 2.05. The lowest BCUT2D eigenvalue weighted by molar-refractivity contribution is 0.440. The highest BCUT2D eigenvalue weighted by Crippen LogP contribution is 2.15. The summed E-state index contributed by atoms with van der Waals surface area (Å²) in [6.45, 7) is 0. The zero-order valence-electron chi connectivity index (χ0n) is 8.36. The maximum atomic E-state index is 4.21. The molecule has 0 amide bonds. The molecular formula is C11H13N3. The number of rotatable bonds is 2. The summed E-state index contributed by atoms with van der Waals surface area (Å²) in [5, 5.41) is 7.19. The summed E-state index contributed by atoms with van der Waals surface area (Å²) in [6.07, 6.45) is 3.83. The second-order valence-electron chi connectivity index (χ2n) is 3.38. The molecule has 1 aromatic heterocycles. The average Bonchev–Trinajstić information content (AvgIpc) is 2.58. The number of para-hydroxylation sites is 1. The maximum absolute atomic E-state index is 4.21. The highest BCUT2D eigenvalue weighted by atomic mass is 15.4. The second-order valence-corrected chi connectivity index (χ2v) is 3.38. The molecular weight excluding hydrogens is 174 g/mol. The van der Waals surface area contributed by atoms with Gasteiger partial charge in [0, 0.05) is 36.8 Å². The van der Waals surface area contributed by atoms with Crippen molar-refractivity contribution >= 4 is 17.1 Å². The molecule has 1 aromatic carbocycles. The molecule has 0 atom stereocenters. The number of H-pyrrole nitrogens is 1. The monoisotopic (exact) mass is 187 g/mol. The normalized spacial score (nSPS) is 11.3. The van der Waals surface area contributed by atoms with Gasteiger partial charge < -0.3 is 9.99 Å². The van der Waals surface area contributed by atoms with Gasteiger partial charge >= 0.3 is 0 Å². The van der Waals surface area contributed by atoms with Crippen LogP contribution in [-0.4, -0.2) is 30.3 Å². The first-order chi connectivity index (χ1) is 6.77. The van der Waals surface area contributed by atoms with Crippen molar-refractivity contribution in [3.8, 4) is 0 Å². The van der Waals surface area contributed by atoms with E-state index in [0.717, 1.165) is 11.1 Å². The predicted octanol–water partition coefficient (Wildman–Crippen LogP) is 2.06. The minimum absolute atomic E-state index is 1.12. The molecule has 0 saturated heterocycles. The molecule has 0 fully saturated rings. The van der Waals surface area contributed by atoms with Crippen molar-refractivity contribution < 1.29 is 0 Å². The summed E-state index contributed by atoms with van der Waals surface area (Å²) in [7, 11) is 3.82. The van der Waals surface area contributed by atoms with Crippen molar-refractivity contribution in [3.05, 3.63) is 36.0 Å². The van der Waals surface area contributed by atoms with E-state index in [0.29, 0.717) is 0 Å². The van der Waals surface area contributed by atoms with Crippen molar-refractivity contribution in [1.29, 1.82) is 0 Å². The fourth-order valence-electron chi connectivity index (χ4n) is 1.38. The van der Waals surface area contributed by atoms with Gasteiger partial charge in [0.1, 0.15) is 0 Å². The number of benzene rings is 1. The van der Waals surface area contributed by atoms with Gasteiger partial charge in [-0.05, 0) is 6.07 Å². The summed E-state index contributed by atoms with van der Waals surface area (Å²) in [5.41, 5.74) is 2.27. The molecule has 2 rings (SSSR count). The standard InChI is InChI=1S/C11H13N3/c1-14(2)13-8-9-7-12-11-6-4-3-5-10(9)11/h3-8,12H,1-2H3/b13-8+. The number of aromatic amines is 1. The Kier molecular flexibility index (Phi) is 2.23. The molecule has 72 valence electrons. The van der Waals surface area contributed by atoms with Gasteiger partial charge in [0.2, 0.25) is 0 Å². The highest BCUT2D eigenvalue weighted by molar-refractivity contribution is 5.98. The van der Waals surface area contributed by atoms with E-state index in [2.05, 4.69) is 22.2 Å². The Morgan fingerprint density at radius 3 is 2.86 bits per heavy atom. The van der Waals surface area contributed by atoms with Gasteiger partial charge in [-0.2, -0.15) is 5.10 Å². The maximum Gasteiger partial charge on any atom is 0.0564 e. The van der Waals surface area contributed by atoms with Crippen LogP contribution in [0.15, 0.2) is 35.6 Å². The third kappa shape index (κ3) is 1.62. The Morgan fingerprint density at radius 2 is 2.07 bits per heavy atom. The van der Waals surface area contributed by atoms with Crippen LogP contribution in [0.2, 0.25) is 0 Å². The van der Waals surface area contributed by atoms with Gasteiger partial charge in [-0.25, -0.2) is 0 Å². The van der Waals surface area contributed by atoms with Crippen LogP contribution in [0.4, 0.5) is 0 Å². The van der Waals surface area contributed by atoms with E-state index >= 15 is 0 Å². The fourth-order valence-corrected chi connectivity index (χ4v) is 1.38. The topological polar surface area (TPSA) is 31.4 Å². The lowest BCUT2D eigenvalue weighted by atomic mass is 10.2. The first kappa shape index (κ1) is 8.81. The molecule has 0 radical (unpaired) electrons. The van der Waals surface area contributed by atoms with Crippen LogP contribution in [0, 0.1) is 0 Å². The lowest BCUT2D eigenvalue weighted by Crippen LogP contribution is -2.01. The van der Waals surface area contributed by atoms with Crippen LogP contribution >= 0.6 is 0 Å². The molecule has 0 aliphatic rings. The SMILES string of the molecule is CN(C)/N=C/c1c[nH]c2ccccc12. The van der Waals surface area contributed by atoms with E-state index in [4.69, 9.17) is 0 Å². The van der Waals surface area contributed by atoms with Gasteiger partial charge in [0.25, 0.3) is 0 Å². The number of hydrogen-bond donors (Lipinski definition) is 1. The van der Waals surface area contributed by atoms with E-state index in [1.54, 1.807) is 5.01 Å². The Balaban J connectivity index is 2.43. The van der Waals surface area contributed by atoms with Crippen molar-refractivity contribution in [2.75, 3.05) is 14.1 Å². The molecule has 1 N–H and O–H groups in total. The number of fused-ring (bicyclic) bond motifs is 1. The van der Waals surface area contributed by atoms with Crippen LogP contribution in [0.3, 0.4) is 0 Å². The molecule has 14 heavy (non-hydrogen) atoms. The third-order valence-corrected chi connectivity index (χ3v) is 2.05. The van der Waals surface area contributed by atoms with Crippen molar-refractivity contribution in [2.45, 2.75) is 0 Å². The summed E-state index contributed by atoms with van der Waals surface area (Å²) < 4.78 is 0. The molecule has 0 saturated carbocycles. The number of nitrogens with zero attached hydrogens (tertiary/aromatic N) is 2. The molecule has 3 nitrogen and oxygen atoms in total. The summed E-state index contributed by atoms with van der Waals surface area (Å²) >= 11 is 0. The summed E-state index contributed by atoms with van der Waals surface area (Å²) in [6, 6.07) is 8.19. The van der Waals surface area contributed by atoms with E-state index < -0.39 is 0 Å². The lowest BCUT2D eigenvalue weighted by Gasteiger charge is -2.01. The second kappa shape index (κ2) is 3.54. The van der Waals surface area contributed by atoms with E-state index in [9.17, 15) is 0 Å². The Labute approximate surface area is 83.0 Å². The van der Waals surface area contributed by atoms with E-state index in [-0.39, 0.29) is 0 Å². The fraction of sp³-hybridized carbons (Fsp3) is 0.182. The Bertz CT molecular complexity index is 454. The van der Waals surface area contributed by atoms with Crippen LogP contribution in [0.5, 0.6) is 0 Å². The van der Waals surface area contributed by atoms with Crippen LogP contribution in [0.1, 0.15) is 5.56 Å².